The van der Waals surface area contributed by atoms with Crippen molar-refractivity contribution in [3.63, 3.8) is 0 Å². The van der Waals surface area contributed by atoms with E-state index in [0.29, 0.717) is 11.4 Å². The lowest BCUT2D eigenvalue weighted by Crippen LogP contribution is -2.53. The Morgan fingerprint density at radius 1 is 0.840 bits per heavy atom. The van der Waals surface area contributed by atoms with Gasteiger partial charge in [-0.3, -0.25) is 14.5 Å². The SMILES string of the molecule is CC(=O)[C@]1(C)C(=O)N(c2ccc(C)cc2)C(=O)N1c1ccc(C)cc1. The summed E-state index contributed by atoms with van der Waals surface area (Å²) in [5.41, 5.74) is 1.48. The molecule has 1 fully saturated rings. The van der Waals surface area contributed by atoms with Crippen molar-refractivity contribution in [2.45, 2.75) is 33.2 Å². The molecule has 0 saturated carbocycles. The summed E-state index contributed by atoms with van der Waals surface area (Å²) in [6.45, 7) is 6.70. The van der Waals surface area contributed by atoms with Crippen molar-refractivity contribution in [1.29, 1.82) is 0 Å². The predicted molar refractivity (Wildman–Crippen MR) is 96.8 cm³/mol. The van der Waals surface area contributed by atoms with Crippen LogP contribution in [0.1, 0.15) is 25.0 Å². The summed E-state index contributed by atoms with van der Waals surface area (Å²) in [5.74, 6) is -0.907. The summed E-state index contributed by atoms with van der Waals surface area (Å²) in [6, 6.07) is 13.8. The first-order valence-electron chi connectivity index (χ1n) is 8.10. The normalized spacial score (nSPS) is 20.3. The number of hydrogen-bond donors (Lipinski definition) is 0. The summed E-state index contributed by atoms with van der Waals surface area (Å²) >= 11 is 0. The summed E-state index contributed by atoms with van der Waals surface area (Å²) in [6.07, 6.45) is 0. The van der Waals surface area contributed by atoms with Crippen molar-refractivity contribution in [3.05, 3.63) is 59.7 Å². The zero-order valence-electron chi connectivity index (χ0n) is 14.7. The molecule has 5 nitrogen and oxygen atoms in total. The first-order valence-corrected chi connectivity index (χ1v) is 8.10. The molecule has 2 aromatic rings. The Labute approximate surface area is 146 Å². The van der Waals surface area contributed by atoms with Gasteiger partial charge in [-0.1, -0.05) is 35.4 Å². The number of aryl methyl sites for hydroxylation is 2. The fourth-order valence-electron chi connectivity index (χ4n) is 2.98. The molecule has 0 spiro atoms. The second-order valence-corrected chi connectivity index (χ2v) is 6.56. The highest BCUT2D eigenvalue weighted by atomic mass is 16.2. The van der Waals surface area contributed by atoms with E-state index in [9.17, 15) is 14.4 Å². The van der Waals surface area contributed by atoms with Crippen molar-refractivity contribution in [3.8, 4) is 0 Å². The average molecular weight is 336 g/mol. The molecule has 2 aromatic carbocycles. The van der Waals surface area contributed by atoms with Crippen LogP contribution in [-0.2, 0) is 9.59 Å². The van der Waals surface area contributed by atoms with E-state index < -0.39 is 17.5 Å². The molecule has 1 atom stereocenters. The Morgan fingerprint density at radius 3 is 1.72 bits per heavy atom. The molecule has 0 unspecified atom stereocenters. The number of hydrogen-bond acceptors (Lipinski definition) is 3. The Bertz CT molecular complexity index is 856. The number of benzene rings is 2. The van der Waals surface area contributed by atoms with Crippen molar-refractivity contribution in [1.82, 2.24) is 0 Å². The largest absolute Gasteiger partial charge is 0.337 e. The van der Waals surface area contributed by atoms with Crippen LogP contribution in [0.3, 0.4) is 0 Å². The monoisotopic (exact) mass is 336 g/mol. The number of anilines is 2. The van der Waals surface area contributed by atoms with Gasteiger partial charge in [0.1, 0.15) is 0 Å². The molecule has 128 valence electrons. The van der Waals surface area contributed by atoms with Crippen LogP contribution in [0, 0.1) is 13.8 Å². The highest BCUT2D eigenvalue weighted by molar-refractivity contribution is 6.37. The average Bonchev–Trinajstić information content (AvgIpc) is 2.77. The smallest absolute Gasteiger partial charge is 0.297 e. The number of nitrogens with zero attached hydrogens (tertiary/aromatic N) is 2. The topological polar surface area (TPSA) is 57.7 Å². The van der Waals surface area contributed by atoms with E-state index in [0.717, 1.165) is 16.0 Å². The van der Waals surface area contributed by atoms with E-state index in [1.165, 1.54) is 18.7 Å². The maximum absolute atomic E-state index is 13.1. The first kappa shape index (κ1) is 16.9. The molecule has 3 rings (SSSR count). The third-order valence-electron chi connectivity index (χ3n) is 4.72. The van der Waals surface area contributed by atoms with Gasteiger partial charge < -0.3 is 0 Å². The quantitative estimate of drug-likeness (QED) is 0.635. The van der Waals surface area contributed by atoms with Gasteiger partial charge in [-0.05, 0) is 52.0 Å². The summed E-state index contributed by atoms with van der Waals surface area (Å²) in [5, 5.41) is 0. The van der Waals surface area contributed by atoms with E-state index in [1.807, 2.05) is 38.1 Å². The molecule has 25 heavy (non-hydrogen) atoms. The van der Waals surface area contributed by atoms with Gasteiger partial charge in [0, 0.05) is 5.69 Å². The highest BCUT2D eigenvalue weighted by Gasteiger charge is 2.58. The van der Waals surface area contributed by atoms with Gasteiger partial charge in [0.2, 0.25) is 0 Å². The Hall–Kier alpha value is -2.95. The van der Waals surface area contributed by atoms with E-state index in [-0.39, 0.29) is 5.78 Å². The molecule has 1 aliphatic rings. The zero-order valence-corrected chi connectivity index (χ0v) is 14.7. The number of carbonyl (C=O) groups is 3. The molecule has 5 heteroatoms. The second-order valence-electron chi connectivity index (χ2n) is 6.56. The number of amides is 3. The van der Waals surface area contributed by atoms with Crippen molar-refractivity contribution >= 4 is 29.1 Å². The van der Waals surface area contributed by atoms with E-state index >= 15 is 0 Å². The molecule has 0 radical (unpaired) electrons. The fraction of sp³-hybridized carbons (Fsp3) is 0.250. The lowest BCUT2D eigenvalue weighted by molar-refractivity contribution is -0.130. The van der Waals surface area contributed by atoms with Crippen molar-refractivity contribution in [2.24, 2.45) is 0 Å². The fourth-order valence-corrected chi connectivity index (χ4v) is 2.98. The van der Waals surface area contributed by atoms with Gasteiger partial charge in [-0.15, -0.1) is 0 Å². The van der Waals surface area contributed by atoms with Crippen molar-refractivity contribution in [2.75, 3.05) is 9.80 Å². The minimum atomic E-state index is -1.56. The number of ketones is 1. The van der Waals surface area contributed by atoms with Gasteiger partial charge in [0.15, 0.2) is 11.3 Å². The Kier molecular flexibility index (Phi) is 3.95. The maximum Gasteiger partial charge on any atom is 0.337 e. The molecule has 1 aliphatic heterocycles. The lowest BCUT2D eigenvalue weighted by atomic mass is 9.94. The van der Waals surface area contributed by atoms with Gasteiger partial charge in [-0.25, -0.2) is 9.69 Å². The molecule has 0 N–H and O–H groups in total. The van der Waals surface area contributed by atoms with Crippen LogP contribution in [0.25, 0.3) is 0 Å². The van der Waals surface area contributed by atoms with Crippen LogP contribution in [-0.4, -0.2) is 23.3 Å². The number of Topliss-reactive ketones (excluding diaryl/α,β-unsaturated/α-hetero) is 1. The molecular formula is C20H20N2O3. The van der Waals surface area contributed by atoms with E-state index in [4.69, 9.17) is 0 Å². The Balaban J connectivity index is 2.14. The van der Waals surface area contributed by atoms with Gasteiger partial charge >= 0.3 is 6.03 Å². The standard InChI is InChI=1S/C20H20N2O3/c1-13-5-9-16(10-6-13)21-18(24)20(4,15(3)23)22(19(21)25)17-11-7-14(2)8-12-17/h5-12H,1-4H3/t20-/m1/s1. The third kappa shape index (κ3) is 2.52. The van der Waals surface area contributed by atoms with Gasteiger partial charge in [-0.2, -0.15) is 0 Å². The molecule has 1 saturated heterocycles. The maximum atomic E-state index is 13.1. The van der Waals surface area contributed by atoms with Crippen LogP contribution in [0.15, 0.2) is 48.5 Å². The van der Waals surface area contributed by atoms with Crippen LogP contribution in [0.5, 0.6) is 0 Å². The van der Waals surface area contributed by atoms with Crippen LogP contribution in [0.2, 0.25) is 0 Å². The predicted octanol–water partition coefficient (Wildman–Crippen LogP) is 3.62. The first-order chi connectivity index (χ1) is 11.8. The molecular weight excluding hydrogens is 316 g/mol. The van der Waals surface area contributed by atoms with Crippen LogP contribution < -0.4 is 9.80 Å². The summed E-state index contributed by atoms with van der Waals surface area (Å²) < 4.78 is 0. The summed E-state index contributed by atoms with van der Waals surface area (Å²) in [4.78, 5) is 40.9. The number of imide groups is 1. The zero-order chi connectivity index (χ0) is 18.4. The van der Waals surface area contributed by atoms with Crippen molar-refractivity contribution < 1.29 is 14.4 Å². The molecule has 0 bridgehead atoms. The van der Waals surface area contributed by atoms with Crippen LogP contribution in [0.4, 0.5) is 16.2 Å². The minimum Gasteiger partial charge on any atom is -0.297 e. The second kappa shape index (κ2) is 5.84. The molecule has 1 heterocycles. The van der Waals surface area contributed by atoms with Crippen LogP contribution >= 0.6 is 0 Å². The van der Waals surface area contributed by atoms with Gasteiger partial charge in [0.05, 0.1) is 5.69 Å². The Morgan fingerprint density at radius 2 is 1.28 bits per heavy atom. The minimum absolute atomic E-state index is 0.374. The lowest BCUT2D eigenvalue weighted by Gasteiger charge is -2.29. The highest BCUT2D eigenvalue weighted by Crippen LogP contribution is 2.37. The molecule has 3 amide bonds. The number of carbonyl (C=O) groups excluding carboxylic acids is 3. The molecule has 0 aromatic heterocycles. The number of urea groups is 1. The third-order valence-corrected chi connectivity index (χ3v) is 4.72. The van der Waals surface area contributed by atoms with E-state index in [1.54, 1.807) is 24.3 Å². The molecule has 0 aliphatic carbocycles. The van der Waals surface area contributed by atoms with E-state index in [2.05, 4.69) is 0 Å². The van der Waals surface area contributed by atoms with Gasteiger partial charge in [0.25, 0.3) is 5.91 Å². The number of rotatable bonds is 3. The summed E-state index contributed by atoms with van der Waals surface area (Å²) in [7, 11) is 0.